The molecular formula is C10H23NO. The molecule has 0 spiro atoms. The summed E-state index contributed by atoms with van der Waals surface area (Å²) in [4.78, 5) is 0. The number of nitrogens with two attached hydrogens (primary N) is 1. The molecule has 3 N–H and O–H groups in total. The van der Waals surface area contributed by atoms with Crippen molar-refractivity contribution in [3.8, 4) is 0 Å². The van der Waals surface area contributed by atoms with E-state index >= 15 is 0 Å². The maximum Gasteiger partial charge on any atom is 0.0611 e. The number of aliphatic hydroxyl groups excluding tert-OH is 1. The predicted molar refractivity (Wildman–Crippen MR) is 53.0 cm³/mol. The first-order valence-corrected chi connectivity index (χ1v) is 4.98. The van der Waals surface area contributed by atoms with Gasteiger partial charge in [-0.1, -0.05) is 26.7 Å². The smallest absolute Gasteiger partial charge is 0.0611 e. The lowest BCUT2D eigenvalue weighted by Crippen LogP contribution is -2.47. The van der Waals surface area contributed by atoms with Crippen molar-refractivity contribution < 1.29 is 5.11 Å². The van der Waals surface area contributed by atoms with Crippen molar-refractivity contribution in [3.05, 3.63) is 0 Å². The van der Waals surface area contributed by atoms with Gasteiger partial charge in [-0.2, -0.15) is 0 Å². The van der Waals surface area contributed by atoms with Crippen molar-refractivity contribution in [1.82, 2.24) is 0 Å². The summed E-state index contributed by atoms with van der Waals surface area (Å²) in [5, 5.41) is 9.09. The maximum absolute atomic E-state index is 9.09. The van der Waals surface area contributed by atoms with Crippen LogP contribution in [0.15, 0.2) is 0 Å². The van der Waals surface area contributed by atoms with E-state index in [2.05, 4.69) is 13.8 Å². The second-order valence-electron chi connectivity index (χ2n) is 3.94. The maximum atomic E-state index is 9.09. The van der Waals surface area contributed by atoms with E-state index in [9.17, 15) is 0 Å². The Bertz CT molecular complexity index is 106. The van der Waals surface area contributed by atoms with E-state index < -0.39 is 0 Å². The molecule has 0 aliphatic carbocycles. The lowest BCUT2D eigenvalue weighted by Gasteiger charge is -2.32. The van der Waals surface area contributed by atoms with Crippen LogP contribution in [0.25, 0.3) is 0 Å². The van der Waals surface area contributed by atoms with Crippen molar-refractivity contribution in [3.63, 3.8) is 0 Å². The molecule has 0 aliphatic rings. The van der Waals surface area contributed by atoms with E-state index in [0.29, 0.717) is 5.92 Å². The molecule has 0 radical (unpaired) electrons. The van der Waals surface area contributed by atoms with Gasteiger partial charge in [0.2, 0.25) is 0 Å². The average molecular weight is 173 g/mol. The van der Waals surface area contributed by atoms with Crippen molar-refractivity contribution >= 4 is 0 Å². The zero-order valence-corrected chi connectivity index (χ0v) is 8.64. The Morgan fingerprint density at radius 2 is 1.67 bits per heavy atom. The minimum atomic E-state index is -0.383. The van der Waals surface area contributed by atoms with Gasteiger partial charge in [-0.05, 0) is 25.7 Å². The fraction of sp³-hybridized carbons (Fsp3) is 1.00. The second kappa shape index (κ2) is 5.55. The van der Waals surface area contributed by atoms with Gasteiger partial charge in [0.05, 0.1) is 6.61 Å². The molecule has 0 aromatic carbocycles. The Balaban J connectivity index is 4.07. The van der Waals surface area contributed by atoms with Crippen LogP contribution in [0.1, 0.15) is 46.5 Å². The van der Waals surface area contributed by atoms with Gasteiger partial charge in [-0.3, -0.25) is 0 Å². The quantitative estimate of drug-likeness (QED) is 0.644. The molecule has 0 saturated heterocycles. The first kappa shape index (κ1) is 11.9. The molecule has 0 amide bonds. The minimum Gasteiger partial charge on any atom is -0.394 e. The molecule has 12 heavy (non-hydrogen) atoms. The van der Waals surface area contributed by atoms with E-state index in [1.54, 1.807) is 0 Å². The van der Waals surface area contributed by atoms with Crippen LogP contribution in [0.4, 0.5) is 0 Å². The molecule has 0 aliphatic heterocycles. The van der Waals surface area contributed by atoms with Gasteiger partial charge < -0.3 is 10.8 Å². The molecule has 74 valence electrons. The average Bonchev–Trinajstić information content (AvgIpc) is 2.04. The Kier molecular flexibility index (Phi) is 5.51. The Labute approximate surface area is 76.2 Å². The van der Waals surface area contributed by atoms with E-state index in [1.165, 1.54) is 0 Å². The monoisotopic (exact) mass is 173 g/mol. The van der Waals surface area contributed by atoms with E-state index in [1.807, 2.05) is 6.92 Å². The fourth-order valence-corrected chi connectivity index (χ4v) is 1.63. The molecule has 0 fully saturated rings. The van der Waals surface area contributed by atoms with Crippen LogP contribution in [-0.2, 0) is 0 Å². The first-order valence-electron chi connectivity index (χ1n) is 4.98. The van der Waals surface area contributed by atoms with Gasteiger partial charge in [0.25, 0.3) is 0 Å². The van der Waals surface area contributed by atoms with Crippen LogP contribution in [0.3, 0.4) is 0 Å². The predicted octanol–water partition coefficient (Wildman–Crippen LogP) is 1.91. The van der Waals surface area contributed by atoms with Crippen LogP contribution in [-0.4, -0.2) is 17.3 Å². The molecule has 1 unspecified atom stereocenters. The first-order chi connectivity index (χ1) is 5.58. The third-order valence-electron chi connectivity index (χ3n) is 2.55. The fourth-order valence-electron chi connectivity index (χ4n) is 1.63. The van der Waals surface area contributed by atoms with Crippen molar-refractivity contribution in [2.75, 3.05) is 6.61 Å². The van der Waals surface area contributed by atoms with Gasteiger partial charge in [0.15, 0.2) is 0 Å². The summed E-state index contributed by atoms with van der Waals surface area (Å²) in [6.45, 7) is 6.37. The minimum absolute atomic E-state index is 0.0949. The number of rotatable bonds is 6. The lowest BCUT2D eigenvalue weighted by atomic mass is 9.81. The molecule has 2 heteroatoms. The zero-order valence-electron chi connectivity index (χ0n) is 8.64. The van der Waals surface area contributed by atoms with Crippen LogP contribution < -0.4 is 5.73 Å². The zero-order chi connectivity index (χ0) is 9.61. The van der Waals surface area contributed by atoms with Crippen LogP contribution in [0, 0.1) is 5.92 Å². The number of hydrogen-bond donors (Lipinski definition) is 2. The highest BCUT2D eigenvalue weighted by molar-refractivity contribution is 4.85. The molecule has 0 saturated carbocycles. The third kappa shape index (κ3) is 3.55. The van der Waals surface area contributed by atoms with Crippen molar-refractivity contribution in [2.24, 2.45) is 11.7 Å². The van der Waals surface area contributed by atoms with Gasteiger partial charge in [0.1, 0.15) is 0 Å². The molecule has 0 bridgehead atoms. The van der Waals surface area contributed by atoms with Gasteiger partial charge >= 0.3 is 0 Å². The van der Waals surface area contributed by atoms with Crippen LogP contribution >= 0.6 is 0 Å². The highest BCUT2D eigenvalue weighted by Crippen LogP contribution is 2.24. The Hall–Kier alpha value is -0.0800. The van der Waals surface area contributed by atoms with E-state index in [-0.39, 0.29) is 12.1 Å². The molecule has 0 aromatic rings. The lowest BCUT2D eigenvalue weighted by molar-refractivity contribution is 0.141. The Morgan fingerprint density at radius 3 is 1.92 bits per heavy atom. The summed E-state index contributed by atoms with van der Waals surface area (Å²) in [5.74, 6) is 0.470. The van der Waals surface area contributed by atoms with E-state index in [0.717, 1.165) is 25.7 Å². The summed E-state index contributed by atoms with van der Waals surface area (Å²) in [6.07, 6.45) is 4.55. The van der Waals surface area contributed by atoms with E-state index in [4.69, 9.17) is 10.8 Å². The SMILES string of the molecule is CCCC(CCC)C(C)(N)CO. The molecule has 0 aromatic heterocycles. The second-order valence-corrected chi connectivity index (χ2v) is 3.94. The highest BCUT2D eigenvalue weighted by Gasteiger charge is 2.27. The van der Waals surface area contributed by atoms with Gasteiger partial charge in [0, 0.05) is 5.54 Å². The van der Waals surface area contributed by atoms with Crippen LogP contribution in [0.2, 0.25) is 0 Å². The Morgan fingerprint density at radius 1 is 1.25 bits per heavy atom. The third-order valence-corrected chi connectivity index (χ3v) is 2.55. The molecule has 2 nitrogen and oxygen atoms in total. The largest absolute Gasteiger partial charge is 0.394 e. The summed E-state index contributed by atoms with van der Waals surface area (Å²) < 4.78 is 0. The van der Waals surface area contributed by atoms with Gasteiger partial charge in [-0.15, -0.1) is 0 Å². The molecule has 0 heterocycles. The summed E-state index contributed by atoms with van der Waals surface area (Å²) in [7, 11) is 0. The number of hydrogen-bond acceptors (Lipinski definition) is 2. The molecular weight excluding hydrogens is 150 g/mol. The summed E-state index contributed by atoms with van der Waals surface area (Å²) in [5.41, 5.74) is 5.60. The standard InChI is InChI=1S/C10H23NO/c1-4-6-9(7-5-2)10(3,11)8-12/h9,12H,4-8,11H2,1-3H3. The molecule has 1 atom stereocenters. The summed E-state index contributed by atoms with van der Waals surface area (Å²) >= 11 is 0. The van der Waals surface area contributed by atoms with Crippen LogP contribution in [0.5, 0.6) is 0 Å². The summed E-state index contributed by atoms with van der Waals surface area (Å²) in [6, 6.07) is 0. The van der Waals surface area contributed by atoms with Crippen molar-refractivity contribution in [1.29, 1.82) is 0 Å². The topological polar surface area (TPSA) is 46.2 Å². The number of aliphatic hydroxyl groups is 1. The van der Waals surface area contributed by atoms with Gasteiger partial charge in [-0.25, -0.2) is 0 Å². The normalized spacial score (nSPS) is 16.5. The highest BCUT2D eigenvalue weighted by atomic mass is 16.3. The van der Waals surface area contributed by atoms with Crippen molar-refractivity contribution in [2.45, 2.75) is 52.0 Å². The molecule has 0 rings (SSSR count).